The Hall–Kier alpha value is 0.878. The van der Waals surface area contributed by atoms with Gasteiger partial charge in [0.2, 0.25) is 0 Å². The zero-order valence-corrected chi connectivity index (χ0v) is 12.2. The molecule has 15 heavy (non-hydrogen) atoms. The van der Waals surface area contributed by atoms with E-state index in [1.165, 1.54) is 0 Å². The van der Waals surface area contributed by atoms with E-state index in [2.05, 4.69) is 11.4 Å². The van der Waals surface area contributed by atoms with Crippen molar-refractivity contribution in [2.75, 3.05) is 0 Å². The molecule has 90 valence electrons. The molecule has 1 aliphatic rings. The number of rotatable bonds is 3. The molecular formula is C8H17AsO5Se. The molecule has 0 saturated carbocycles. The van der Waals surface area contributed by atoms with Gasteiger partial charge in [-0.05, 0) is 0 Å². The van der Waals surface area contributed by atoms with Crippen molar-refractivity contribution in [3.63, 3.8) is 0 Å². The summed E-state index contributed by atoms with van der Waals surface area (Å²) in [5.74, 6) is 0. The standard InChI is InChI=1S/C8H17AsO5Se/c1-9(2)15-3-4-5(10)6(11)7(12)8(13)14-4/h4-8,10-13H,3H2,1-2H3. The summed E-state index contributed by atoms with van der Waals surface area (Å²) in [7, 11) is 0. The van der Waals surface area contributed by atoms with Crippen molar-refractivity contribution < 1.29 is 25.2 Å². The number of aliphatic hydroxyl groups excluding tert-OH is 4. The number of aliphatic hydroxyl groups is 4. The minimum absolute atomic E-state index is 0.431. The van der Waals surface area contributed by atoms with E-state index in [0.29, 0.717) is 18.3 Å². The van der Waals surface area contributed by atoms with Crippen LogP contribution in [0, 0.1) is 0 Å². The van der Waals surface area contributed by atoms with E-state index in [4.69, 9.17) is 4.74 Å². The summed E-state index contributed by atoms with van der Waals surface area (Å²) in [6, 6.07) is 0. The Bertz CT molecular complexity index is 205. The molecule has 1 fully saturated rings. The number of ether oxygens (including phenoxy) is 1. The normalized spacial score (nSPS) is 42.2. The molecule has 5 atom stereocenters. The molecule has 0 aromatic carbocycles. The Labute approximate surface area is 98.3 Å². The van der Waals surface area contributed by atoms with Crippen molar-refractivity contribution >= 4 is 25.7 Å². The monoisotopic (exact) mass is 348 g/mol. The number of hydrogen-bond donors (Lipinski definition) is 4. The van der Waals surface area contributed by atoms with Gasteiger partial charge in [0.25, 0.3) is 0 Å². The van der Waals surface area contributed by atoms with Crippen LogP contribution in [-0.4, -0.2) is 76.9 Å². The van der Waals surface area contributed by atoms with Gasteiger partial charge in [0, 0.05) is 0 Å². The molecule has 0 aromatic heterocycles. The Kier molecular flexibility index (Phi) is 5.56. The number of hydrogen-bond acceptors (Lipinski definition) is 5. The molecule has 0 spiro atoms. The fourth-order valence-corrected chi connectivity index (χ4v) is 7.66. The van der Waals surface area contributed by atoms with Crippen LogP contribution in [0.4, 0.5) is 0 Å². The van der Waals surface area contributed by atoms with Gasteiger partial charge in [-0.2, -0.15) is 0 Å². The molecule has 1 aliphatic heterocycles. The average Bonchev–Trinajstić information content (AvgIpc) is 2.18. The Morgan fingerprint density at radius 3 is 2.20 bits per heavy atom. The van der Waals surface area contributed by atoms with E-state index < -0.39 is 43.5 Å². The van der Waals surface area contributed by atoms with Crippen molar-refractivity contribution in [2.45, 2.75) is 47.4 Å². The molecule has 5 unspecified atom stereocenters. The minimum atomic E-state index is -1.42. The molecule has 0 amide bonds. The van der Waals surface area contributed by atoms with Gasteiger partial charge in [-0.3, -0.25) is 0 Å². The molecule has 0 radical (unpaired) electrons. The van der Waals surface area contributed by atoms with Crippen molar-refractivity contribution in [1.29, 1.82) is 0 Å². The summed E-state index contributed by atoms with van der Waals surface area (Å²) in [6.45, 7) is 0. The predicted molar refractivity (Wildman–Crippen MR) is 56.9 cm³/mol. The second-order valence-electron chi connectivity index (χ2n) is 3.65. The fourth-order valence-electron chi connectivity index (χ4n) is 1.29. The van der Waals surface area contributed by atoms with Crippen LogP contribution in [0.1, 0.15) is 0 Å². The van der Waals surface area contributed by atoms with E-state index in [-0.39, 0.29) is 0 Å². The summed E-state index contributed by atoms with van der Waals surface area (Å²) in [6.07, 6.45) is -5.77. The van der Waals surface area contributed by atoms with Crippen LogP contribution < -0.4 is 0 Å². The summed E-state index contributed by atoms with van der Waals surface area (Å²) in [5, 5.41) is 38.3. The molecule has 1 saturated heterocycles. The van der Waals surface area contributed by atoms with Gasteiger partial charge in [0.05, 0.1) is 0 Å². The van der Waals surface area contributed by atoms with Gasteiger partial charge < -0.3 is 0 Å². The van der Waals surface area contributed by atoms with Gasteiger partial charge in [-0.1, -0.05) is 0 Å². The van der Waals surface area contributed by atoms with E-state index in [1.54, 1.807) is 0 Å². The van der Waals surface area contributed by atoms with Crippen molar-refractivity contribution in [3.05, 3.63) is 0 Å². The van der Waals surface area contributed by atoms with Crippen LogP contribution in [0.25, 0.3) is 0 Å². The first kappa shape index (κ1) is 13.9. The molecule has 5 nitrogen and oxygen atoms in total. The van der Waals surface area contributed by atoms with Crippen LogP contribution in [0.2, 0.25) is 16.7 Å². The molecule has 7 heteroatoms. The first-order valence-corrected chi connectivity index (χ1v) is 14.3. The summed E-state index contributed by atoms with van der Waals surface area (Å²) in [5.41, 5.74) is 4.42. The summed E-state index contributed by atoms with van der Waals surface area (Å²) < 4.78 is 5.07. The fraction of sp³-hybridized carbons (Fsp3) is 1.00. The van der Waals surface area contributed by atoms with Crippen LogP contribution in [-0.2, 0) is 4.74 Å². The maximum absolute atomic E-state index is 9.62. The van der Waals surface area contributed by atoms with E-state index in [1.807, 2.05) is 0 Å². The first-order chi connectivity index (χ1) is 6.93. The Morgan fingerprint density at radius 1 is 1.07 bits per heavy atom. The molecule has 0 aromatic rings. The van der Waals surface area contributed by atoms with Gasteiger partial charge in [0.1, 0.15) is 0 Å². The summed E-state index contributed by atoms with van der Waals surface area (Å²) in [4.78, 5) is 0. The summed E-state index contributed by atoms with van der Waals surface area (Å²) >= 11 is -0.309. The maximum atomic E-state index is 9.62. The SMILES string of the molecule is C[As](C)[Se]CC1OC(O)C(O)C(O)C1O. The van der Waals surface area contributed by atoms with Gasteiger partial charge in [-0.25, -0.2) is 0 Å². The third-order valence-corrected chi connectivity index (χ3v) is 11.5. The molecule has 0 bridgehead atoms. The van der Waals surface area contributed by atoms with Gasteiger partial charge in [0.15, 0.2) is 0 Å². The van der Waals surface area contributed by atoms with Crippen LogP contribution in [0.3, 0.4) is 0 Å². The first-order valence-electron chi connectivity index (χ1n) is 4.61. The second-order valence-corrected chi connectivity index (χ2v) is 19.1. The topological polar surface area (TPSA) is 90.2 Å². The predicted octanol–water partition coefficient (Wildman–Crippen LogP) is -1.84. The quantitative estimate of drug-likeness (QED) is 0.451. The van der Waals surface area contributed by atoms with Crippen LogP contribution in [0.5, 0.6) is 0 Å². The van der Waals surface area contributed by atoms with Gasteiger partial charge >= 0.3 is 98.3 Å². The van der Waals surface area contributed by atoms with Gasteiger partial charge in [-0.15, -0.1) is 0 Å². The van der Waals surface area contributed by atoms with Crippen molar-refractivity contribution in [3.8, 4) is 0 Å². The van der Waals surface area contributed by atoms with Crippen molar-refractivity contribution in [2.24, 2.45) is 0 Å². The molecule has 1 rings (SSSR count). The molecule has 4 N–H and O–H groups in total. The average molecular weight is 347 g/mol. The van der Waals surface area contributed by atoms with Crippen molar-refractivity contribution in [1.82, 2.24) is 0 Å². The van der Waals surface area contributed by atoms with E-state index >= 15 is 0 Å². The van der Waals surface area contributed by atoms with E-state index in [9.17, 15) is 20.4 Å². The zero-order valence-electron chi connectivity index (χ0n) is 8.65. The molecular weight excluding hydrogens is 330 g/mol. The third-order valence-electron chi connectivity index (χ3n) is 2.18. The molecule has 1 heterocycles. The second kappa shape index (κ2) is 5.99. The molecule has 0 aliphatic carbocycles. The zero-order chi connectivity index (χ0) is 11.6. The third kappa shape index (κ3) is 3.68. The Balaban J connectivity index is 2.51. The van der Waals surface area contributed by atoms with Crippen LogP contribution >= 0.6 is 0 Å². The Morgan fingerprint density at radius 2 is 1.67 bits per heavy atom. The van der Waals surface area contributed by atoms with Crippen LogP contribution in [0.15, 0.2) is 0 Å². The van der Waals surface area contributed by atoms with E-state index in [0.717, 1.165) is 0 Å².